The van der Waals surface area contributed by atoms with Crippen molar-refractivity contribution in [1.82, 2.24) is 10.2 Å². The summed E-state index contributed by atoms with van der Waals surface area (Å²) in [4.78, 5) is 22.7. The average molecular weight is 308 g/mol. The summed E-state index contributed by atoms with van der Waals surface area (Å²) >= 11 is 1.24. The van der Waals surface area contributed by atoms with Gasteiger partial charge in [-0.25, -0.2) is 9.59 Å². The van der Waals surface area contributed by atoms with Crippen molar-refractivity contribution in [3.05, 3.63) is 28.8 Å². The smallest absolute Gasteiger partial charge is 0.339 e. The van der Waals surface area contributed by atoms with Crippen LogP contribution < -0.4 is 15.4 Å². The van der Waals surface area contributed by atoms with Gasteiger partial charge in [0.05, 0.1) is 7.11 Å². The number of anilines is 2. The van der Waals surface area contributed by atoms with Gasteiger partial charge in [-0.2, -0.15) is 0 Å². The van der Waals surface area contributed by atoms with Gasteiger partial charge in [-0.05, 0) is 19.1 Å². The molecule has 0 unspecified atom stereocenters. The SMILES string of the molecule is COc1cc(NC(=O)Nc2nnc(C)s2)ccc1C(=O)O. The molecule has 110 valence electrons. The molecule has 8 nitrogen and oxygen atoms in total. The molecular formula is C12H12N4O4S. The lowest BCUT2D eigenvalue weighted by molar-refractivity contribution is 0.0693. The molecule has 9 heteroatoms. The first kappa shape index (κ1) is 14.7. The summed E-state index contributed by atoms with van der Waals surface area (Å²) in [6.45, 7) is 1.77. The van der Waals surface area contributed by atoms with Crippen molar-refractivity contribution in [2.75, 3.05) is 17.7 Å². The Morgan fingerprint density at radius 3 is 2.62 bits per heavy atom. The molecule has 0 fully saturated rings. The molecule has 21 heavy (non-hydrogen) atoms. The second-order valence-corrected chi connectivity index (χ2v) is 5.11. The van der Waals surface area contributed by atoms with Gasteiger partial charge in [-0.1, -0.05) is 11.3 Å². The number of carboxylic acids is 1. The Morgan fingerprint density at radius 2 is 2.05 bits per heavy atom. The van der Waals surface area contributed by atoms with Gasteiger partial charge in [0.15, 0.2) is 0 Å². The van der Waals surface area contributed by atoms with Gasteiger partial charge in [0.25, 0.3) is 0 Å². The molecule has 0 aliphatic rings. The maximum atomic E-state index is 11.8. The normalized spacial score (nSPS) is 10.0. The second-order valence-electron chi connectivity index (χ2n) is 3.93. The van der Waals surface area contributed by atoms with Crippen LogP contribution in [-0.2, 0) is 0 Å². The number of urea groups is 1. The summed E-state index contributed by atoms with van der Waals surface area (Å²) in [7, 11) is 1.36. The number of nitrogens with one attached hydrogen (secondary N) is 2. The van der Waals surface area contributed by atoms with Crippen LogP contribution in [0.4, 0.5) is 15.6 Å². The topological polar surface area (TPSA) is 113 Å². The molecule has 1 aromatic heterocycles. The molecule has 0 saturated carbocycles. The highest BCUT2D eigenvalue weighted by molar-refractivity contribution is 7.15. The molecule has 0 radical (unpaired) electrons. The zero-order valence-corrected chi connectivity index (χ0v) is 12.0. The summed E-state index contributed by atoms with van der Waals surface area (Å²) in [6.07, 6.45) is 0. The van der Waals surface area contributed by atoms with Crippen molar-refractivity contribution < 1.29 is 19.4 Å². The highest BCUT2D eigenvalue weighted by Gasteiger charge is 2.13. The van der Waals surface area contributed by atoms with Crippen molar-refractivity contribution >= 4 is 34.2 Å². The highest BCUT2D eigenvalue weighted by atomic mass is 32.1. The fraction of sp³-hybridized carbons (Fsp3) is 0.167. The fourth-order valence-corrected chi connectivity index (χ4v) is 2.14. The number of amides is 2. The van der Waals surface area contributed by atoms with E-state index in [-0.39, 0.29) is 11.3 Å². The van der Waals surface area contributed by atoms with E-state index in [1.165, 1.54) is 36.6 Å². The number of hydrogen-bond donors (Lipinski definition) is 3. The Bertz CT molecular complexity index is 686. The van der Waals surface area contributed by atoms with Crippen LogP contribution in [-0.4, -0.2) is 34.4 Å². The molecule has 0 bridgehead atoms. The van der Waals surface area contributed by atoms with E-state index < -0.39 is 12.0 Å². The van der Waals surface area contributed by atoms with Crippen molar-refractivity contribution in [2.45, 2.75) is 6.92 Å². The Kier molecular flexibility index (Phi) is 4.33. The number of ether oxygens (including phenoxy) is 1. The first-order valence-corrected chi connectivity index (χ1v) is 6.60. The number of nitrogens with zero attached hydrogens (tertiary/aromatic N) is 2. The molecule has 0 aliphatic heterocycles. The molecule has 2 rings (SSSR count). The Hall–Kier alpha value is -2.68. The number of hydrogen-bond acceptors (Lipinski definition) is 6. The lowest BCUT2D eigenvalue weighted by Gasteiger charge is -2.09. The molecule has 0 saturated heterocycles. The van der Waals surface area contributed by atoms with Crippen molar-refractivity contribution in [3.8, 4) is 5.75 Å². The largest absolute Gasteiger partial charge is 0.496 e. The van der Waals surface area contributed by atoms with Crippen LogP contribution in [0.15, 0.2) is 18.2 Å². The van der Waals surface area contributed by atoms with E-state index in [1.807, 2.05) is 0 Å². The zero-order valence-electron chi connectivity index (χ0n) is 11.2. The maximum absolute atomic E-state index is 11.8. The molecule has 1 heterocycles. The average Bonchev–Trinajstić information content (AvgIpc) is 2.83. The number of rotatable bonds is 4. The Labute approximate surface area is 123 Å². The quantitative estimate of drug-likeness (QED) is 0.798. The van der Waals surface area contributed by atoms with Gasteiger partial charge in [-0.15, -0.1) is 10.2 Å². The van der Waals surface area contributed by atoms with Crippen LogP contribution in [0.3, 0.4) is 0 Å². The minimum absolute atomic E-state index is 0.0169. The van der Waals surface area contributed by atoms with Gasteiger partial charge in [0.1, 0.15) is 16.3 Å². The first-order chi connectivity index (χ1) is 9.99. The first-order valence-electron chi connectivity index (χ1n) is 5.79. The van der Waals surface area contributed by atoms with Gasteiger partial charge in [0, 0.05) is 11.8 Å². The molecule has 3 N–H and O–H groups in total. The number of methoxy groups -OCH3 is 1. The van der Waals surface area contributed by atoms with E-state index in [0.29, 0.717) is 10.8 Å². The van der Waals surface area contributed by atoms with E-state index in [1.54, 1.807) is 6.92 Å². The molecule has 2 aromatic rings. The molecule has 0 spiro atoms. The third kappa shape index (κ3) is 3.66. The van der Waals surface area contributed by atoms with Crippen molar-refractivity contribution in [3.63, 3.8) is 0 Å². The van der Waals surface area contributed by atoms with E-state index >= 15 is 0 Å². The minimum Gasteiger partial charge on any atom is -0.496 e. The fourth-order valence-electron chi connectivity index (χ4n) is 1.55. The molecular weight excluding hydrogens is 296 g/mol. The second kappa shape index (κ2) is 6.18. The van der Waals surface area contributed by atoms with Crippen LogP contribution in [0.5, 0.6) is 5.75 Å². The third-order valence-electron chi connectivity index (χ3n) is 2.44. The third-order valence-corrected chi connectivity index (χ3v) is 3.19. The van der Waals surface area contributed by atoms with Crippen molar-refractivity contribution in [1.29, 1.82) is 0 Å². The lowest BCUT2D eigenvalue weighted by Crippen LogP contribution is -2.19. The van der Waals surface area contributed by atoms with Gasteiger partial charge >= 0.3 is 12.0 Å². The predicted octanol–water partition coefficient (Wildman–Crippen LogP) is 2.20. The van der Waals surface area contributed by atoms with E-state index in [4.69, 9.17) is 9.84 Å². The summed E-state index contributed by atoms with van der Waals surface area (Å²) < 4.78 is 4.98. The summed E-state index contributed by atoms with van der Waals surface area (Å²) in [5.74, 6) is -0.945. The standard InChI is InChI=1S/C12H12N4O4S/c1-6-15-16-12(21-6)14-11(19)13-7-3-4-8(10(17)18)9(5-7)20-2/h3-5H,1-2H3,(H,17,18)(H2,13,14,16,19). The maximum Gasteiger partial charge on any atom is 0.339 e. The van der Waals surface area contributed by atoms with Crippen molar-refractivity contribution in [2.24, 2.45) is 0 Å². The van der Waals surface area contributed by atoms with Crippen LogP contribution in [0.2, 0.25) is 0 Å². The predicted molar refractivity (Wildman–Crippen MR) is 77.2 cm³/mol. The molecule has 1 aromatic carbocycles. The number of carbonyl (C=O) groups is 2. The number of benzene rings is 1. The molecule has 2 amide bonds. The van der Waals surface area contributed by atoms with Gasteiger partial charge in [-0.3, -0.25) is 5.32 Å². The van der Waals surface area contributed by atoms with Gasteiger partial charge < -0.3 is 15.2 Å². The summed E-state index contributed by atoms with van der Waals surface area (Å²) in [6, 6.07) is 3.74. The summed E-state index contributed by atoms with van der Waals surface area (Å²) in [5, 5.41) is 22.7. The monoisotopic (exact) mass is 308 g/mol. The highest BCUT2D eigenvalue weighted by Crippen LogP contribution is 2.23. The number of carboxylic acid groups (broad SMARTS) is 1. The number of aromatic nitrogens is 2. The molecule has 0 aliphatic carbocycles. The van der Waals surface area contributed by atoms with E-state index in [2.05, 4.69) is 20.8 Å². The van der Waals surface area contributed by atoms with Gasteiger partial charge in [0.2, 0.25) is 5.13 Å². The number of aromatic carboxylic acids is 1. The van der Waals surface area contributed by atoms with E-state index in [0.717, 1.165) is 5.01 Å². The number of aryl methyl sites for hydroxylation is 1. The lowest BCUT2D eigenvalue weighted by atomic mass is 10.2. The van der Waals surface area contributed by atoms with Crippen LogP contribution >= 0.6 is 11.3 Å². The number of carbonyl (C=O) groups excluding carboxylic acids is 1. The van der Waals surface area contributed by atoms with E-state index in [9.17, 15) is 9.59 Å². The zero-order chi connectivity index (χ0) is 15.4. The van der Waals surface area contributed by atoms with Crippen LogP contribution in [0.1, 0.15) is 15.4 Å². The minimum atomic E-state index is -1.10. The Morgan fingerprint density at radius 1 is 1.29 bits per heavy atom. The Balaban J connectivity index is 2.08. The summed E-state index contributed by atoms with van der Waals surface area (Å²) in [5.41, 5.74) is 0.416. The van der Waals surface area contributed by atoms with Crippen LogP contribution in [0.25, 0.3) is 0 Å². The molecule has 0 atom stereocenters. The van der Waals surface area contributed by atoms with Crippen LogP contribution in [0, 0.1) is 6.92 Å².